The van der Waals surface area contributed by atoms with Crippen LogP contribution < -0.4 is 0 Å². The molecule has 0 fully saturated rings. The molecule has 1 aliphatic rings. The van der Waals surface area contributed by atoms with Gasteiger partial charge in [-0.2, -0.15) is 0 Å². The Morgan fingerprint density at radius 3 is 2.36 bits per heavy atom. The molecule has 0 bridgehead atoms. The second kappa shape index (κ2) is 3.39. The molecule has 2 nitrogen and oxygen atoms in total. The van der Waals surface area contributed by atoms with E-state index >= 15 is 0 Å². The molecule has 1 aromatic carbocycles. The van der Waals surface area contributed by atoms with E-state index in [4.69, 9.17) is 11.6 Å². The zero-order valence-electron chi connectivity index (χ0n) is 7.29. The summed E-state index contributed by atoms with van der Waals surface area (Å²) < 4.78 is 0. The fourth-order valence-electron chi connectivity index (χ4n) is 1.47. The fraction of sp³-hybridized carbons (Fsp3) is 0.0909. The highest BCUT2D eigenvalue weighted by Crippen LogP contribution is 2.21. The normalized spacial score (nSPS) is 15.1. The van der Waals surface area contributed by atoms with Gasteiger partial charge >= 0.3 is 0 Å². The number of hydrogen-bond donors (Lipinski definition) is 0. The summed E-state index contributed by atoms with van der Waals surface area (Å²) in [7, 11) is 0. The molecule has 0 heterocycles. The predicted molar refractivity (Wildman–Crippen MR) is 53.9 cm³/mol. The first-order valence-corrected chi connectivity index (χ1v) is 4.72. The molecule has 1 aliphatic carbocycles. The van der Waals surface area contributed by atoms with E-state index in [2.05, 4.69) is 0 Å². The summed E-state index contributed by atoms with van der Waals surface area (Å²) >= 11 is 5.57. The van der Waals surface area contributed by atoms with Crippen LogP contribution in [-0.4, -0.2) is 17.4 Å². The summed E-state index contributed by atoms with van der Waals surface area (Å²) in [6.45, 7) is 0. The van der Waals surface area contributed by atoms with E-state index in [9.17, 15) is 9.59 Å². The minimum Gasteiger partial charge on any atom is -0.289 e. The third kappa shape index (κ3) is 1.28. The van der Waals surface area contributed by atoms with E-state index in [0.717, 1.165) is 0 Å². The summed E-state index contributed by atoms with van der Waals surface area (Å²) in [6, 6.07) is 6.77. The largest absolute Gasteiger partial charge is 0.289 e. The predicted octanol–water partition coefficient (Wildman–Crippen LogP) is 2.23. The van der Waals surface area contributed by atoms with Gasteiger partial charge in [-0.1, -0.05) is 24.3 Å². The molecule has 2 rings (SSSR count). The van der Waals surface area contributed by atoms with Crippen LogP contribution in [0.15, 0.2) is 35.9 Å². The maximum absolute atomic E-state index is 11.7. The van der Waals surface area contributed by atoms with Crippen LogP contribution in [-0.2, 0) is 0 Å². The summed E-state index contributed by atoms with van der Waals surface area (Å²) in [4.78, 5) is 23.2. The number of carbonyl (C=O) groups excluding carboxylic acids is 2. The average molecular weight is 207 g/mol. The van der Waals surface area contributed by atoms with Crippen LogP contribution in [0.1, 0.15) is 20.7 Å². The molecular formula is C11H7ClO2. The van der Waals surface area contributed by atoms with Crippen LogP contribution in [0.5, 0.6) is 0 Å². The Hall–Kier alpha value is -1.41. The van der Waals surface area contributed by atoms with Gasteiger partial charge in [0, 0.05) is 16.7 Å². The number of alkyl halides is 1. The van der Waals surface area contributed by atoms with Gasteiger partial charge < -0.3 is 0 Å². The molecule has 0 N–H and O–H groups in total. The Morgan fingerprint density at radius 1 is 1.07 bits per heavy atom. The monoisotopic (exact) mass is 206 g/mol. The van der Waals surface area contributed by atoms with Crippen molar-refractivity contribution >= 4 is 23.2 Å². The van der Waals surface area contributed by atoms with Crippen molar-refractivity contribution < 1.29 is 9.59 Å². The summed E-state index contributed by atoms with van der Waals surface area (Å²) in [5.74, 6) is -0.204. The summed E-state index contributed by atoms with van der Waals surface area (Å²) in [5.41, 5.74) is 1.29. The molecule has 0 spiro atoms. The summed E-state index contributed by atoms with van der Waals surface area (Å²) in [5, 5.41) is 0. The zero-order valence-corrected chi connectivity index (χ0v) is 8.04. The van der Waals surface area contributed by atoms with Crippen LogP contribution in [0.4, 0.5) is 0 Å². The molecule has 3 heteroatoms. The second-order valence-electron chi connectivity index (χ2n) is 3.04. The molecule has 0 saturated heterocycles. The van der Waals surface area contributed by atoms with Crippen molar-refractivity contribution in [3.63, 3.8) is 0 Å². The number of Topliss-reactive ketones (excluding diaryl/α,β-unsaturated/α-hetero) is 1. The number of halogens is 1. The van der Waals surface area contributed by atoms with Crippen molar-refractivity contribution in [2.45, 2.75) is 0 Å². The van der Waals surface area contributed by atoms with Crippen LogP contribution in [0, 0.1) is 0 Å². The Balaban J connectivity index is 2.61. The first kappa shape index (κ1) is 9.16. The van der Waals surface area contributed by atoms with E-state index in [0.29, 0.717) is 16.7 Å². The molecule has 70 valence electrons. The average Bonchev–Trinajstić information content (AvgIpc) is 2.23. The van der Waals surface area contributed by atoms with E-state index in [1.807, 2.05) is 0 Å². The SMILES string of the molecule is O=C1C=C(CCl)C(=O)c2ccccc21. The third-order valence-electron chi connectivity index (χ3n) is 2.18. The van der Waals surface area contributed by atoms with Gasteiger partial charge in [0.2, 0.25) is 0 Å². The third-order valence-corrected chi connectivity index (χ3v) is 2.47. The number of ketones is 2. The van der Waals surface area contributed by atoms with Crippen LogP contribution in [0.25, 0.3) is 0 Å². The number of fused-ring (bicyclic) bond motifs is 1. The Bertz CT molecular complexity index is 446. The van der Waals surface area contributed by atoms with Crippen LogP contribution >= 0.6 is 11.6 Å². The van der Waals surface area contributed by atoms with Crippen molar-refractivity contribution in [1.82, 2.24) is 0 Å². The smallest absolute Gasteiger partial charge is 0.191 e. The van der Waals surface area contributed by atoms with Gasteiger partial charge in [0.25, 0.3) is 0 Å². The Labute approximate surface area is 86.2 Å². The maximum atomic E-state index is 11.7. The number of allylic oxidation sites excluding steroid dienone is 2. The molecular weight excluding hydrogens is 200 g/mol. The topological polar surface area (TPSA) is 34.1 Å². The van der Waals surface area contributed by atoms with Gasteiger partial charge in [-0.15, -0.1) is 11.6 Å². The van der Waals surface area contributed by atoms with Crippen molar-refractivity contribution in [3.8, 4) is 0 Å². The van der Waals surface area contributed by atoms with Gasteiger partial charge in [-0.05, 0) is 6.08 Å². The zero-order chi connectivity index (χ0) is 10.1. The van der Waals surface area contributed by atoms with Gasteiger partial charge in [0.1, 0.15) is 0 Å². The van der Waals surface area contributed by atoms with Gasteiger partial charge in [0.05, 0.1) is 5.88 Å². The Morgan fingerprint density at radius 2 is 1.71 bits per heavy atom. The minimum atomic E-state index is -0.143. The molecule has 0 unspecified atom stereocenters. The molecule has 0 saturated carbocycles. The van der Waals surface area contributed by atoms with Crippen LogP contribution in [0.2, 0.25) is 0 Å². The minimum absolute atomic E-state index is 0.0822. The maximum Gasteiger partial charge on any atom is 0.191 e. The lowest BCUT2D eigenvalue weighted by Crippen LogP contribution is -2.17. The van der Waals surface area contributed by atoms with E-state index in [1.165, 1.54) is 6.08 Å². The second-order valence-corrected chi connectivity index (χ2v) is 3.31. The highest BCUT2D eigenvalue weighted by atomic mass is 35.5. The number of hydrogen-bond acceptors (Lipinski definition) is 2. The number of benzene rings is 1. The molecule has 1 aromatic rings. The molecule has 0 amide bonds. The van der Waals surface area contributed by atoms with Crippen molar-refractivity contribution in [2.24, 2.45) is 0 Å². The fourth-order valence-corrected chi connectivity index (χ4v) is 1.67. The van der Waals surface area contributed by atoms with Crippen molar-refractivity contribution in [3.05, 3.63) is 47.0 Å². The molecule has 0 aromatic heterocycles. The highest BCUT2D eigenvalue weighted by molar-refractivity contribution is 6.30. The van der Waals surface area contributed by atoms with E-state index < -0.39 is 0 Å². The molecule has 0 atom stereocenters. The first-order chi connectivity index (χ1) is 6.74. The highest BCUT2D eigenvalue weighted by Gasteiger charge is 2.23. The lowest BCUT2D eigenvalue weighted by atomic mass is 9.90. The standard InChI is InChI=1S/C11H7ClO2/c12-6-7-5-10(13)8-3-1-2-4-9(8)11(7)14/h1-5H,6H2. The van der Waals surface area contributed by atoms with Crippen molar-refractivity contribution in [2.75, 3.05) is 5.88 Å². The lowest BCUT2D eigenvalue weighted by Gasteiger charge is -2.12. The summed E-state index contributed by atoms with van der Waals surface area (Å²) in [6.07, 6.45) is 1.32. The first-order valence-electron chi connectivity index (χ1n) is 4.18. The van der Waals surface area contributed by atoms with Gasteiger partial charge in [-0.3, -0.25) is 9.59 Å². The molecule has 0 radical (unpaired) electrons. The van der Waals surface area contributed by atoms with Crippen molar-refractivity contribution in [1.29, 1.82) is 0 Å². The quantitative estimate of drug-likeness (QED) is 0.661. The van der Waals surface area contributed by atoms with E-state index in [1.54, 1.807) is 24.3 Å². The lowest BCUT2D eigenvalue weighted by molar-refractivity contribution is 0.0985. The van der Waals surface area contributed by atoms with E-state index in [-0.39, 0.29) is 17.4 Å². The Kier molecular flexibility index (Phi) is 2.22. The number of rotatable bonds is 1. The molecule has 0 aliphatic heterocycles. The van der Waals surface area contributed by atoms with Gasteiger partial charge in [0.15, 0.2) is 11.6 Å². The number of carbonyl (C=O) groups is 2. The van der Waals surface area contributed by atoms with Gasteiger partial charge in [-0.25, -0.2) is 0 Å². The van der Waals surface area contributed by atoms with Crippen LogP contribution in [0.3, 0.4) is 0 Å². The molecule has 14 heavy (non-hydrogen) atoms.